The van der Waals surface area contributed by atoms with E-state index in [1.54, 1.807) is 0 Å². The Morgan fingerprint density at radius 2 is 0.846 bits per heavy atom. The van der Waals surface area contributed by atoms with Crippen LogP contribution in [0.5, 0.6) is 0 Å². The Labute approximate surface area is 384 Å². The molecule has 65 heavy (non-hydrogen) atoms. The Morgan fingerprint density at radius 1 is 0.431 bits per heavy atom. The molecule has 5 aromatic carbocycles. The molecule has 3 aromatic heterocycles. The fraction of sp³-hybridized carbons (Fsp3) is 0.133. The Hall–Kier alpha value is -6.07. The SMILES string of the molecule is Cc1ccc(N(c2ccc(C)cc2)c2ccc(-c3cccc(-c4cc5ccccc5cn4)c3)cc2)cc1.FC(F)(F)c1cc(C(F)(F)F)[n-]n1.FC(F)(F)c1cc(C(F)(F)F)[n-]n1.[Cu+2].[Cu+]. The fourth-order valence-electron chi connectivity index (χ4n) is 5.88. The molecule has 1 radical (unpaired) electrons. The molecule has 0 aliphatic carbocycles. The van der Waals surface area contributed by atoms with Crippen LogP contribution in [0.1, 0.15) is 33.9 Å². The fourth-order valence-corrected chi connectivity index (χ4v) is 5.88. The minimum atomic E-state index is -4.89. The molecule has 8 aromatic rings. The van der Waals surface area contributed by atoms with E-state index in [1.165, 1.54) is 27.6 Å². The Bertz CT molecular complexity index is 2600. The first-order chi connectivity index (χ1) is 29.6. The van der Waals surface area contributed by atoms with Gasteiger partial charge in [0.2, 0.25) is 0 Å². The molecule has 345 valence electrons. The third-order valence-corrected chi connectivity index (χ3v) is 9.07. The van der Waals surface area contributed by atoms with Gasteiger partial charge in [0.1, 0.15) is 11.4 Å². The van der Waals surface area contributed by atoms with Crippen LogP contribution in [0.2, 0.25) is 0 Å². The maximum Gasteiger partial charge on any atom is 2.00 e. The summed E-state index contributed by atoms with van der Waals surface area (Å²) in [6.45, 7) is 4.24. The zero-order valence-electron chi connectivity index (χ0n) is 33.2. The summed E-state index contributed by atoms with van der Waals surface area (Å²) in [6, 6.07) is 45.1. The second-order valence-electron chi connectivity index (χ2n) is 13.8. The standard InChI is InChI=1S/C35H28N2.2C5HF6N2.2Cu/c1-25-10-16-32(17-11-25)37(33-18-12-26(2)13-19-33)34-20-14-27(15-21-34)28-8-5-9-30(22-28)35-23-29-6-3-4-7-31(29)24-36-35;2*6-4(7,8)2-1-3(13-12-2)5(9,10)11;;/h3-24H,1-2H3;2*1H;;/q;2*-1;+1;+2. The van der Waals surface area contributed by atoms with E-state index in [9.17, 15) is 52.7 Å². The van der Waals surface area contributed by atoms with Crippen molar-refractivity contribution in [1.82, 2.24) is 25.4 Å². The summed E-state index contributed by atoms with van der Waals surface area (Å²) >= 11 is 0. The molecule has 0 spiro atoms. The summed E-state index contributed by atoms with van der Waals surface area (Å²) in [5.74, 6) is 0. The van der Waals surface area contributed by atoms with Gasteiger partial charge in [-0.2, -0.15) is 52.7 Å². The minimum Gasteiger partial charge on any atom is -0.571 e. The number of nitrogens with zero attached hydrogens (tertiary/aromatic N) is 6. The molecule has 0 fully saturated rings. The van der Waals surface area contributed by atoms with E-state index in [0.717, 1.165) is 33.7 Å². The first-order valence-corrected chi connectivity index (χ1v) is 18.3. The number of aryl methyl sites for hydroxylation is 2. The van der Waals surface area contributed by atoms with E-state index in [0.29, 0.717) is 0 Å². The predicted molar refractivity (Wildman–Crippen MR) is 212 cm³/mol. The van der Waals surface area contributed by atoms with Gasteiger partial charge in [0, 0.05) is 34.2 Å². The van der Waals surface area contributed by atoms with E-state index >= 15 is 0 Å². The number of pyridine rings is 1. The molecule has 0 unspecified atom stereocenters. The van der Waals surface area contributed by atoms with Gasteiger partial charge >= 0.3 is 58.8 Å². The van der Waals surface area contributed by atoms with E-state index in [1.807, 2.05) is 12.3 Å². The van der Waals surface area contributed by atoms with Crippen molar-refractivity contribution in [1.29, 1.82) is 0 Å². The molecule has 0 bridgehead atoms. The van der Waals surface area contributed by atoms with E-state index in [4.69, 9.17) is 4.98 Å². The molecule has 0 amide bonds. The molecule has 20 heteroatoms. The topological polar surface area (TPSA) is 70.1 Å². The van der Waals surface area contributed by atoms with Crippen LogP contribution in [0.15, 0.2) is 146 Å². The molecule has 6 nitrogen and oxygen atoms in total. The third kappa shape index (κ3) is 13.5. The van der Waals surface area contributed by atoms with Crippen LogP contribution in [0.3, 0.4) is 0 Å². The van der Waals surface area contributed by atoms with Gasteiger partial charge in [0.25, 0.3) is 0 Å². The van der Waals surface area contributed by atoms with Gasteiger partial charge in [-0.05, 0) is 102 Å². The monoisotopic (exact) mass is 1010 g/mol. The molecule has 3 heterocycles. The first kappa shape index (κ1) is 51.6. The molecule has 0 aliphatic heterocycles. The maximum absolute atomic E-state index is 11.7. The smallest absolute Gasteiger partial charge is 0.571 e. The summed E-state index contributed by atoms with van der Waals surface area (Å²) in [5.41, 5.74) is 3.83. The Morgan fingerprint density at radius 3 is 1.25 bits per heavy atom. The average molecular weight is 1010 g/mol. The normalized spacial score (nSPS) is 11.6. The van der Waals surface area contributed by atoms with Crippen LogP contribution in [0.25, 0.3) is 33.2 Å². The molecule has 0 atom stereocenters. The minimum absolute atomic E-state index is 0. The summed E-state index contributed by atoms with van der Waals surface area (Å²) in [4.78, 5) is 7.03. The van der Waals surface area contributed by atoms with Crippen molar-refractivity contribution in [2.45, 2.75) is 38.6 Å². The number of halogens is 12. The second kappa shape index (κ2) is 20.8. The first-order valence-electron chi connectivity index (χ1n) is 18.3. The molecular weight excluding hydrogens is 980 g/mol. The summed E-state index contributed by atoms with van der Waals surface area (Å²) < 4.78 is 141. The van der Waals surface area contributed by atoms with Crippen LogP contribution in [0, 0.1) is 13.8 Å². The van der Waals surface area contributed by atoms with Crippen molar-refractivity contribution in [3.05, 3.63) is 180 Å². The van der Waals surface area contributed by atoms with Gasteiger partial charge in [-0.3, -0.25) is 4.98 Å². The number of benzene rings is 5. The van der Waals surface area contributed by atoms with Crippen LogP contribution in [0.4, 0.5) is 69.7 Å². The van der Waals surface area contributed by atoms with Crippen molar-refractivity contribution >= 4 is 27.8 Å². The number of hydrogen-bond acceptors (Lipinski definition) is 4. The number of fused-ring (bicyclic) bond motifs is 1. The van der Waals surface area contributed by atoms with Crippen molar-refractivity contribution < 1.29 is 86.8 Å². The summed E-state index contributed by atoms with van der Waals surface area (Å²) in [7, 11) is 0. The molecule has 0 saturated heterocycles. The molecule has 0 saturated carbocycles. The summed E-state index contributed by atoms with van der Waals surface area (Å²) in [5, 5.41) is 11.8. The molecule has 8 rings (SSSR count). The van der Waals surface area contributed by atoms with Gasteiger partial charge in [-0.25, -0.2) is 0 Å². The van der Waals surface area contributed by atoms with Gasteiger partial charge in [-0.1, -0.05) is 90.0 Å². The Balaban J connectivity index is 0.000000272. The van der Waals surface area contributed by atoms with Crippen LogP contribution in [-0.4, -0.2) is 15.2 Å². The van der Waals surface area contributed by atoms with E-state index < -0.39 is 47.5 Å². The largest absolute Gasteiger partial charge is 2.00 e. The number of rotatable bonds is 5. The van der Waals surface area contributed by atoms with Crippen molar-refractivity contribution in [2.75, 3.05) is 4.90 Å². The van der Waals surface area contributed by atoms with Crippen molar-refractivity contribution in [2.24, 2.45) is 0 Å². The van der Waals surface area contributed by atoms with E-state index in [2.05, 4.69) is 160 Å². The zero-order valence-corrected chi connectivity index (χ0v) is 35.1. The van der Waals surface area contributed by atoms with Gasteiger partial charge in [-0.15, -0.1) is 0 Å². The number of aromatic nitrogens is 5. The Kier molecular flexibility index (Phi) is 16.5. The zero-order chi connectivity index (χ0) is 45.7. The van der Waals surface area contributed by atoms with Crippen molar-refractivity contribution in [3.8, 4) is 22.4 Å². The summed E-state index contributed by atoms with van der Waals surface area (Å²) in [6.07, 6.45) is -17.6. The second-order valence-corrected chi connectivity index (χ2v) is 13.8. The van der Waals surface area contributed by atoms with Gasteiger partial charge in [0.15, 0.2) is 0 Å². The van der Waals surface area contributed by atoms with E-state index in [-0.39, 0.29) is 46.3 Å². The van der Waals surface area contributed by atoms with Gasteiger partial charge in [0.05, 0.1) is 5.69 Å². The number of hydrogen-bond donors (Lipinski definition) is 0. The molecular formula is C45H30Cu2F12N6+. The van der Waals surface area contributed by atoms with Crippen molar-refractivity contribution in [3.63, 3.8) is 0 Å². The number of anilines is 3. The average Bonchev–Trinajstić information content (AvgIpc) is 3.96. The quantitative estimate of drug-likeness (QED) is 0.126. The van der Waals surface area contributed by atoms with Crippen LogP contribution < -0.4 is 15.1 Å². The predicted octanol–water partition coefficient (Wildman–Crippen LogP) is 13.8. The molecule has 0 N–H and O–H groups in total. The van der Waals surface area contributed by atoms with Crippen LogP contribution >= 0.6 is 0 Å². The van der Waals surface area contributed by atoms with Gasteiger partial charge < -0.3 is 25.3 Å². The maximum atomic E-state index is 11.7. The van der Waals surface area contributed by atoms with Crippen LogP contribution in [-0.2, 0) is 58.8 Å². The third-order valence-electron chi connectivity index (χ3n) is 9.07. The molecule has 0 aliphatic rings. The number of alkyl halides is 12.